The second kappa shape index (κ2) is 9.36. The van der Waals surface area contributed by atoms with Crippen LogP contribution in [0.15, 0.2) is 30.3 Å². The van der Waals surface area contributed by atoms with Crippen LogP contribution in [0, 0.1) is 0 Å². The highest BCUT2D eigenvalue weighted by Gasteiger charge is 2.49. The van der Waals surface area contributed by atoms with Gasteiger partial charge in [0.25, 0.3) is 5.91 Å². The quantitative estimate of drug-likeness (QED) is 0.502. The number of carbonyl (C=O) groups is 2. The Morgan fingerprint density at radius 1 is 1.12 bits per heavy atom. The summed E-state index contributed by atoms with van der Waals surface area (Å²) in [6.07, 6.45) is -1.43. The Morgan fingerprint density at radius 2 is 1.81 bits per heavy atom. The second-order valence-electron chi connectivity index (χ2n) is 8.40. The Bertz CT molecular complexity index is 1000. The smallest absolute Gasteiger partial charge is 0.413 e. The number of hydrogen-bond acceptors (Lipinski definition) is 7. The average Bonchev–Trinajstić information content (AvgIpc) is 3.21. The first kappa shape index (κ1) is 23.0. The monoisotopic (exact) mass is 479 g/mol. The molecule has 1 fully saturated rings. The van der Waals surface area contributed by atoms with Crippen LogP contribution in [0.2, 0.25) is 4.34 Å². The van der Waals surface area contributed by atoms with Gasteiger partial charge in [-0.3, -0.25) is 10.1 Å². The zero-order chi connectivity index (χ0) is 22.9. The Balaban J connectivity index is 1.47. The van der Waals surface area contributed by atoms with Crippen LogP contribution >= 0.6 is 22.9 Å². The minimum atomic E-state index is -1.54. The van der Waals surface area contributed by atoms with Gasteiger partial charge < -0.3 is 25.2 Å². The molecular weight excluding hydrogens is 454 g/mol. The normalized spacial score (nSPS) is 25.6. The van der Waals surface area contributed by atoms with Crippen molar-refractivity contribution in [2.75, 3.05) is 25.5 Å². The average molecular weight is 480 g/mol. The van der Waals surface area contributed by atoms with Gasteiger partial charge in [0, 0.05) is 31.6 Å². The molecule has 2 atom stereocenters. The van der Waals surface area contributed by atoms with Gasteiger partial charge in [0.15, 0.2) is 5.72 Å². The summed E-state index contributed by atoms with van der Waals surface area (Å²) in [5.41, 5.74) is 1.49. The van der Waals surface area contributed by atoms with E-state index in [1.165, 1.54) is 11.1 Å². The number of halogens is 1. The van der Waals surface area contributed by atoms with Gasteiger partial charge in [0.1, 0.15) is 0 Å². The van der Waals surface area contributed by atoms with Gasteiger partial charge >= 0.3 is 6.09 Å². The highest BCUT2D eigenvalue weighted by molar-refractivity contribution is 7.18. The molecule has 4 rings (SSSR count). The van der Waals surface area contributed by atoms with Crippen molar-refractivity contribution in [3.8, 4) is 0 Å². The number of fused-ring (bicyclic) bond motifs is 1. The molecule has 1 aliphatic heterocycles. The van der Waals surface area contributed by atoms with Crippen LogP contribution in [0.1, 0.15) is 33.6 Å². The molecule has 4 N–H and O–H groups in total. The predicted molar refractivity (Wildman–Crippen MR) is 122 cm³/mol. The van der Waals surface area contributed by atoms with E-state index in [9.17, 15) is 19.8 Å². The Labute approximate surface area is 195 Å². The standard InChI is InChI=1S/C22H26ClN3O5S/c1-26-8-6-13-2-3-15(10-14(13)7-9-26)24-21(30)31-22(11-16(27)17(28)12-22)25-20(29)18-4-5-19(23)32-18/h2-5,10,16-17,27-28H,6-9,11-12H2,1H3,(H,24,30)(H,25,29). The molecule has 0 bridgehead atoms. The number of amides is 2. The summed E-state index contributed by atoms with van der Waals surface area (Å²) >= 11 is 6.99. The van der Waals surface area contributed by atoms with Crippen LogP contribution in [0.5, 0.6) is 0 Å². The van der Waals surface area contributed by atoms with E-state index in [1.54, 1.807) is 12.1 Å². The number of likely N-dealkylation sites (N-methyl/N-ethyl adjacent to an activating group) is 1. The van der Waals surface area contributed by atoms with Gasteiger partial charge in [-0.2, -0.15) is 0 Å². The van der Waals surface area contributed by atoms with Gasteiger partial charge in [-0.15, -0.1) is 11.3 Å². The number of thiophene rings is 1. The number of ether oxygens (including phenoxy) is 1. The van der Waals surface area contributed by atoms with E-state index < -0.39 is 29.9 Å². The van der Waals surface area contributed by atoms with Crippen molar-refractivity contribution in [1.29, 1.82) is 0 Å². The van der Waals surface area contributed by atoms with E-state index in [1.807, 2.05) is 18.2 Å². The summed E-state index contributed by atoms with van der Waals surface area (Å²) in [4.78, 5) is 28.0. The Morgan fingerprint density at radius 3 is 2.47 bits per heavy atom. The number of nitrogens with one attached hydrogen (secondary N) is 2. The molecule has 0 spiro atoms. The first-order chi connectivity index (χ1) is 15.2. The van der Waals surface area contributed by atoms with Gasteiger partial charge in [-0.1, -0.05) is 17.7 Å². The number of benzene rings is 1. The second-order valence-corrected chi connectivity index (χ2v) is 10.1. The van der Waals surface area contributed by atoms with Gasteiger partial charge in [0.05, 0.1) is 21.4 Å². The van der Waals surface area contributed by atoms with E-state index >= 15 is 0 Å². The third-order valence-electron chi connectivity index (χ3n) is 5.93. The molecule has 0 radical (unpaired) electrons. The van der Waals surface area contributed by atoms with Crippen LogP contribution in [0.3, 0.4) is 0 Å². The number of hydrogen-bond donors (Lipinski definition) is 4. The number of aliphatic hydroxyl groups excluding tert-OH is 2. The SMILES string of the molecule is CN1CCc2ccc(NC(=O)OC3(NC(=O)c4ccc(Cl)s4)CC(O)C(O)C3)cc2CC1. The van der Waals surface area contributed by atoms with Crippen LogP contribution in [0.4, 0.5) is 10.5 Å². The topological polar surface area (TPSA) is 111 Å². The fraction of sp³-hybridized carbons (Fsp3) is 0.455. The van der Waals surface area contributed by atoms with E-state index in [4.69, 9.17) is 16.3 Å². The molecule has 1 aliphatic carbocycles. The lowest BCUT2D eigenvalue weighted by Gasteiger charge is -2.30. The number of anilines is 1. The fourth-order valence-corrected chi connectivity index (χ4v) is 5.12. The predicted octanol–water partition coefficient (Wildman–Crippen LogP) is 2.62. The molecule has 10 heteroatoms. The third kappa shape index (κ3) is 5.24. The molecule has 2 aromatic rings. The van der Waals surface area contributed by atoms with E-state index in [0.29, 0.717) is 14.9 Å². The molecule has 2 unspecified atom stereocenters. The molecule has 32 heavy (non-hydrogen) atoms. The molecular formula is C22H26ClN3O5S. The number of aliphatic hydroxyl groups is 2. The fourth-order valence-electron chi connectivity index (χ4n) is 4.18. The van der Waals surface area contributed by atoms with Crippen molar-refractivity contribution < 1.29 is 24.5 Å². The number of nitrogens with zero attached hydrogens (tertiary/aromatic N) is 1. The van der Waals surface area contributed by atoms with Crippen molar-refractivity contribution in [2.45, 2.75) is 43.6 Å². The van der Waals surface area contributed by atoms with Crippen molar-refractivity contribution in [3.05, 3.63) is 50.7 Å². The van der Waals surface area contributed by atoms with Crippen LogP contribution in [-0.4, -0.2) is 65.2 Å². The number of rotatable bonds is 4. The molecule has 1 aromatic heterocycles. The minimum absolute atomic E-state index is 0.122. The van der Waals surface area contributed by atoms with Crippen LogP contribution in [-0.2, 0) is 17.6 Å². The van der Waals surface area contributed by atoms with Crippen molar-refractivity contribution in [2.24, 2.45) is 0 Å². The van der Waals surface area contributed by atoms with Gasteiger partial charge in [0.2, 0.25) is 0 Å². The minimum Gasteiger partial charge on any atom is -0.422 e. The summed E-state index contributed by atoms with van der Waals surface area (Å²) in [5, 5.41) is 25.5. The summed E-state index contributed by atoms with van der Waals surface area (Å²) in [7, 11) is 2.09. The highest BCUT2D eigenvalue weighted by Crippen LogP contribution is 2.33. The first-order valence-corrected chi connectivity index (χ1v) is 11.7. The maximum absolute atomic E-state index is 12.7. The summed E-state index contributed by atoms with van der Waals surface area (Å²) in [5.74, 6) is -0.495. The van der Waals surface area contributed by atoms with E-state index in [-0.39, 0.29) is 12.8 Å². The molecule has 2 aliphatic rings. The molecule has 1 aromatic carbocycles. The highest BCUT2D eigenvalue weighted by atomic mass is 35.5. The summed E-state index contributed by atoms with van der Waals surface area (Å²) < 4.78 is 6.04. The zero-order valence-corrected chi connectivity index (χ0v) is 19.2. The lowest BCUT2D eigenvalue weighted by atomic mass is 10.0. The van der Waals surface area contributed by atoms with E-state index in [0.717, 1.165) is 37.3 Å². The Hall–Kier alpha value is -2.17. The molecule has 8 nitrogen and oxygen atoms in total. The van der Waals surface area contributed by atoms with Crippen LogP contribution in [0.25, 0.3) is 0 Å². The summed E-state index contributed by atoms with van der Waals surface area (Å²) in [6.45, 7) is 1.93. The maximum atomic E-state index is 12.7. The van der Waals surface area contributed by atoms with Crippen LogP contribution < -0.4 is 10.6 Å². The molecule has 172 valence electrons. The largest absolute Gasteiger partial charge is 0.422 e. The van der Waals surface area contributed by atoms with Gasteiger partial charge in [-0.05, 0) is 55.3 Å². The third-order valence-corrected chi connectivity index (χ3v) is 7.16. The molecule has 1 saturated carbocycles. The first-order valence-electron chi connectivity index (χ1n) is 10.5. The molecule has 2 heterocycles. The Kier molecular flexibility index (Phi) is 6.73. The lowest BCUT2D eigenvalue weighted by Crippen LogP contribution is -2.51. The maximum Gasteiger partial charge on any atom is 0.413 e. The molecule has 2 amide bonds. The van der Waals surface area contributed by atoms with Gasteiger partial charge in [-0.25, -0.2) is 4.79 Å². The molecule has 0 saturated heterocycles. The van der Waals surface area contributed by atoms with Crippen molar-refractivity contribution >= 4 is 40.6 Å². The van der Waals surface area contributed by atoms with Crippen molar-refractivity contribution in [3.63, 3.8) is 0 Å². The van der Waals surface area contributed by atoms with Crippen molar-refractivity contribution in [1.82, 2.24) is 10.2 Å². The number of carbonyl (C=O) groups excluding carboxylic acids is 2. The zero-order valence-electron chi connectivity index (χ0n) is 17.6. The van der Waals surface area contributed by atoms with E-state index in [2.05, 4.69) is 22.6 Å². The lowest BCUT2D eigenvalue weighted by molar-refractivity contribution is -0.00985. The summed E-state index contributed by atoms with van der Waals surface area (Å²) in [6, 6.07) is 8.92.